The number of benzene rings is 1. The molecule has 25 heavy (non-hydrogen) atoms. The first-order valence-electron chi connectivity index (χ1n) is 9.17. The summed E-state index contributed by atoms with van der Waals surface area (Å²) >= 11 is 0. The predicted molar refractivity (Wildman–Crippen MR) is 100 cm³/mol. The fraction of sp³-hybridized carbons (Fsp3) is 0.550. The van der Waals surface area contributed by atoms with Gasteiger partial charge in [-0.1, -0.05) is 12.1 Å². The molecule has 0 saturated carbocycles. The summed E-state index contributed by atoms with van der Waals surface area (Å²) in [6.07, 6.45) is 8.34. The van der Waals surface area contributed by atoms with Crippen LogP contribution in [0.3, 0.4) is 0 Å². The second-order valence-corrected chi connectivity index (χ2v) is 6.62. The summed E-state index contributed by atoms with van der Waals surface area (Å²) in [6, 6.07) is 6.36. The van der Waals surface area contributed by atoms with Gasteiger partial charge in [0.1, 0.15) is 0 Å². The third-order valence-corrected chi connectivity index (χ3v) is 4.90. The summed E-state index contributed by atoms with van der Waals surface area (Å²) in [7, 11) is 3.20. The molecule has 1 fully saturated rings. The summed E-state index contributed by atoms with van der Waals surface area (Å²) in [5.41, 5.74) is 0.823. The molecule has 1 heterocycles. The van der Waals surface area contributed by atoms with Gasteiger partial charge >= 0.3 is 0 Å². The Labute approximate surface area is 151 Å². The number of para-hydroxylation sites is 1. The monoisotopic (exact) mass is 347 g/mol. The molecule has 1 saturated heterocycles. The minimum atomic E-state index is -0.0773. The van der Waals surface area contributed by atoms with Crippen molar-refractivity contribution in [1.29, 1.82) is 0 Å². The zero-order chi connectivity index (χ0) is 18.1. The first-order valence-corrected chi connectivity index (χ1v) is 9.17. The maximum Gasteiger partial charge on any atom is 0.244 e. The lowest BCUT2D eigenvalue weighted by Gasteiger charge is -2.30. The number of nitrogens with one attached hydrogen (secondary N) is 2. The van der Waals surface area contributed by atoms with Crippen molar-refractivity contribution in [2.75, 3.05) is 33.9 Å². The van der Waals surface area contributed by atoms with Crippen molar-refractivity contribution in [3.8, 4) is 11.5 Å². The molecule has 1 aliphatic heterocycles. The highest BCUT2D eigenvalue weighted by Gasteiger charge is 2.20. The molecule has 5 heteroatoms. The van der Waals surface area contributed by atoms with Crippen molar-refractivity contribution in [1.82, 2.24) is 5.32 Å². The SMILES string of the molecule is COc1cccc(/C=C/C(=O)NCCC[NH+]2CCCC[C@H]2C)c1OC. The maximum atomic E-state index is 12.0. The molecule has 1 aromatic carbocycles. The van der Waals surface area contributed by atoms with Gasteiger partial charge in [0, 0.05) is 24.6 Å². The number of methoxy groups -OCH3 is 2. The minimum absolute atomic E-state index is 0.0773. The standard InChI is InChI=1S/C20H30N2O3/c1-16-8-4-5-14-22(16)15-7-13-21-19(23)12-11-17-9-6-10-18(24-2)20(17)25-3/h6,9-12,16H,4-5,7-8,13-15H2,1-3H3,(H,21,23)/p+1/b12-11+/t16-/m1/s1. The van der Waals surface area contributed by atoms with E-state index in [9.17, 15) is 4.79 Å². The van der Waals surface area contributed by atoms with Crippen LogP contribution in [0.1, 0.15) is 38.2 Å². The van der Waals surface area contributed by atoms with Gasteiger partial charge in [0.25, 0.3) is 0 Å². The molecule has 2 N–H and O–H groups in total. The van der Waals surface area contributed by atoms with Crippen molar-refractivity contribution >= 4 is 12.0 Å². The topological polar surface area (TPSA) is 52.0 Å². The Hall–Kier alpha value is -2.01. The molecule has 2 atom stereocenters. The Morgan fingerprint density at radius 2 is 2.16 bits per heavy atom. The van der Waals surface area contributed by atoms with Crippen LogP contribution in [0.25, 0.3) is 6.08 Å². The number of quaternary nitrogens is 1. The van der Waals surface area contributed by atoms with Gasteiger partial charge in [-0.05, 0) is 38.3 Å². The summed E-state index contributed by atoms with van der Waals surface area (Å²) in [5, 5.41) is 2.96. The minimum Gasteiger partial charge on any atom is -0.493 e. The zero-order valence-corrected chi connectivity index (χ0v) is 15.6. The number of piperidine rings is 1. The summed E-state index contributed by atoms with van der Waals surface area (Å²) in [6.45, 7) is 5.45. The summed E-state index contributed by atoms with van der Waals surface area (Å²) in [5.74, 6) is 1.21. The molecule has 0 aromatic heterocycles. The van der Waals surface area contributed by atoms with Gasteiger partial charge < -0.3 is 19.7 Å². The van der Waals surface area contributed by atoms with E-state index in [1.807, 2.05) is 18.2 Å². The van der Waals surface area contributed by atoms with E-state index >= 15 is 0 Å². The lowest BCUT2D eigenvalue weighted by molar-refractivity contribution is -0.928. The Morgan fingerprint density at radius 3 is 2.88 bits per heavy atom. The molecule has 2 rings (SSSR count). The molecule has 0 aliphatic carbocycles. The third kappa shape index (κ3) is 5.78. The lowest BCUT2D eigenvalue weighted by atomic mass is 10.0. The van der Waals surface area contributed by atoms with Gasteiger partial charge in [0.15, 0.2) is 11.5 Å². The first kappa shape index (κ1) is 19.3. The highest BCUT2D eigenvalue weighted by molar-refractivity contribution is 5.92. The highest BCUT2D eigenvalue weighted by atomic mass is 16.5. The van der Waals surface area contributed by atoms with Crippen molar-refractivity contribution in [3.05, 3.63) is 29.8 Å². The molecule has 1 aromatic rings. The fourth-order valence-electron chi connectivity index (χ4n) is 3.42. The molecule has 1 unspecified atom stereocenters. The smallest absolute Gasteiger partial charge is 0.244 e. The van der Waals surface area contributed by atoms with E-state index in [0.29, 0.717) is 18.0 Å². The summed E-state index contributed by atoms with van der Waals surface area (Å²) in [4.78, 5) is 13.7. The number of carbonyl (C=O) groups is 1. The second kappa shape index (κ2) is 10.1. The Kier molecular flexibility index (Phi) is 7.79. The Balaban J connectivity index is 1.77. The van der Waals surface area contributed by atoms with Crippen LogP contribution >= 0.6 is 0 Å². The third-order valence-electron chi connectivity index (χ3n) is 4.90. The molecule has 0 bridgehead atoms. The lowest BCUT2D eigenvalue weighted by Crippen LogP contribution is -3.16. The molecule has 0 radical (unpaired) electrons. The fourth-order valence-corrected chi connectivity index (χ4v) is 3.42. The molecule has 1 amide bonds. The first-order chi connectivity index (χ1) is 12.2. The van der Waals surface area contributed by atoms with Crippen LogP contribution in [0.2, 0.25) is 0 Å². The van der Waals surface area contributed by atoms with Crippen LogP contribution in [0, 0.1) is 0 Å². The number of hydrogen-bond acceptors (Lipinski definition) is 3. The van der Waals surface area contributed by atoms with Gasteiger partial charge in [0.05, 0.1) is 33.4 Å². The number of amides is 1. The van der Waals surface area contributed by atoms with E-state index in [1.165, 1.54) is 25.8 Å². The van der Waals surface area contributed by atoms with Gasteiger partial charge in [-0.25, -0.2) is 0 Å². The van der Waals surface area contributed by atoms with Crippen molar-refractivity contribution in [2.45, 2.75) is 38.6 Å². The molecule has 138 valence electrons. The van der Waals surface area contributed by atoms with E-state index in [1.54, 1.807) is 31.3 Å². The van der Waals surface area contributed by atoms with Crippen LogP contribution in [0.5, 0.6) is 11.5 Å². The largest absolute Gasteiger partial charge is 0.493 e. The average molecular weight is 347 g/mol. The zero-order valence-electron chi connectivity index (χ0n) is 15.6. The molecular formula is C20H31N2O3+. The van der Waals surface area contributed by atoms with Crippen LogP contribution in [0.15, 0.2) is 24.3 Å². The van der Waals surface area contributed by atoms with E-state index < -0.39 is 0 Å². The second-order valence-electron chi connectivity index (χ2n) is 6.62. The highest BCUT2D eigenvalue weighted by Crippen LogP contribution is 2.31. The van der Waals surface area contributed by atoms with E-state index in [-0.39, 0.29) is 5.91 Å². The van der Waals surface area contributed by atoms with Gasteiger partial charge in [-0.3, -0.25) is 4.79 Å². The molecular weight excluding hydrogens is 316 g/mol. The Morgan fingerprint density at radius 1 is 1.32 bits per heavy atom. The predicted octanol–water partition coefficient (Wildman–Crippen LogP) is 1.68. The van der Waals surface area contributed by atoms with Crippen molar-refractivity contribution < 1.29 is 19.2 Å². The number of rotatable bonds is 8. The van der Waals surface area contributed by atoms with E-state index in [4.69, 9.17) is 9.47 Å². The molecule has 5 nitrogen and oxygen atoms in total. The van der Waals surface area contributed by atoms with Crippen LogP contribution in [0.4, 0.5) is 0 Å². The quantitative estimate of drug-likeness (QED) is 0.556. The average Bonchev–Trinajstić information content (AvgIpc) is 2.64. The number of hydrogen-bond donors (Lipinski definition) is 2. The normalized spacial score (nSPS) is 20.4. The molecule has 1 aliphatic rings. The summed E-state index contributed by atoms with van der Waals surface area (Å²) < 4.78 is 10.6. The number of likely N-dealkylation sites (tertiary alicyclic amines) is 1. The van der Waals surface area contributed by atoms with Crippen LogP contribution < -0.4 is 19.7 Å². The van der Waals surface area contributed by atoms with Crippen LogP contribution in [-0.4, -0.2) is 45.8 Å². The van der Waals surface area contributed by atoms with E-state index in [0.717, 1.165) is 24.6 Å². The molecule has 0 spiro atoms. The van der Waals surface area contributed by atoms with Crippen LogP contribution in [-0.2, 0) is 4.79 Å². The van der Waals surface area contributed by atoms with Crippen molar-refractivity contribution in [2.24, 2.45) is 0 Å². The van der Waals surface area contributed by atoms with Gasteiger partial charge in [-0.2, -0.15) is 0 Å². The van der Waals surface area contributed by atoms with Gasteiger partial charge in [0.2, 0.25) is 5.91 Å². The number of carbonyl (C=O) groups excluding carboxylic acids is 1. The maximum absolute atomic E-state index is 12.0. The van der Waals surface area contributed by atoms with Gasteiger partial charge in [-0.15, -0.1) is 0 Å². The number of ether oxygens (including phenoxy) is 2. The Bertz CT molecular complexity index is 586. The van der Waals surface area contributed by atoms with E-state index in [2.05, 4.69) is 12.2 Å². The van der Waals surface area contributed by atoms with Crippen molar-refractivity contribution in [3.63, 3.8) is 0 Å².